The minimum Gasteiger partial charge on any atom is -0.392 e. The highest BCUT2D eigenvalue weighted by Gasteiger charge is 2.19. The van der Waals surface area contributed by atoms with E-state index in [0.717, 1.165) is 19.4 Å². The zero-order valence-corrected chi connectivity index (χ0v) is 11.3. The number of β-amino-alcohol motifs (C(OH)–C–C–N with tert-alkyl or cyclic N) is 1. The zero-order valence-electron chi connectivity index (χ0n) is 11.3. The molecule has 1 aromatic rings. The van der Waals surface area contributed by atoms with Crippen LogP contribution in [0.5, 0.6) is 0 Å². The van der Waals surface area contributed by atoms with E-state index in [9.17, 15) is 9.90 Å². The topological polar surface area (TPSA) is 82.2 Å². The fraction of sp³-hybridized carbons (Fsp3) is 0.615. The third-order valence-electron chi connectivity index (χ3n) is 3.56. The Labute approximate surface area is 111 Å². The lowest BCUT2D eigenvalue weighted by Crippen LogP contribution is -2.42. The molecule has 0 aliphatic carbocycles. The smallest absolute Gasteiger partial charge is 0.286 e. The van der Waals surface area contributed by atoms with E-state index in [-0.39, 0.29) is 17.2 Å². The number of hydrogen-bond donors (Lipinski definition) is 1. The Morgan fingerprint density at radius 2 is 2.26 bits per heavy atom. The largest absolute Gasteiger partial charge is 0.392 e. The summed E-state index contributed by atoms with van der Waals surface area (Å²) in [4.78, 5) is 14.1. The Hall–Kier alpha value is -1.71. The molecule has 1 N–H and O–H groups in total. The molecule has 1 fully saturated rings. The van der Waals surface area contributed by atoms with E-state index in [1.165, 1.54) is 4.68 Å². The van der Waals surface area contributed by atoms with Crippen LogP contribution in [0.25, 0.3) is 0 Å². The number of hydrogen-bond acceptors (Lipinski definition) is 5. The molecule has 0 amide bonds. The van der Waals surface area contributed by atoms with Gasteiger partial charge in [0.1, 0.15) is 11.6 Å². The average Bonchev–Trinajstić information content (AvgIpc) is 2.37. The van der Waals surface area contributed by atoms with Crippen molar-refractivity contribution >= 4 is 0 Å². The maximum atomic E-state index is 12.1. The van der Waals surface area contributed by atoms with Gasteiger partial charge in [-0.25, -0.2) is 4.68 Å². The highest BCUT2D eigenvalue weighted by molar-refractivity contribution is 5.36. The van der Waals surface area contributed by atoms with Crippen molar-refractivity contribution < 1.29 is 5.11 Å². The molecule has 2 heterocycles. The number of nitrogens with zero attached hydrogens (tertiary/aromatic N) is 4. The van der Waals surface area contributed by atoms with E-state index in [4.69, 9.17) is 5.26 Å². The molecule has 0 unspecified atom stereocenters. The fourth-order valence-corrected chi connectivity index (χ4v) is 2.35. The van der Waals surface area contributed by atoms with Crippen molar-refractivity contribution in [3.05, 3.63) is 27.2 Å². The van der Waals surface area contributed by atoms with E-state index in [1.807, 2.05) is 11.0 Å². The van der Waals surface area contributed by atoms with Gasteiger partial charge in [-0.1, -0.05) is 0 Å². The van der Waals surface area contributed by atoms with Gasteiger partial charge in [-0.15, -0.1) is 0 Å². The number of nitriles is 1. The average molecular weight is 262 g/mol. The van der Waals surface area contributed by atoms with Crippen LogP contribution in [0.3, 0.4) is 0 Å². The molecule has 0 radical (unpaired) electrons. The van der Waals surface area contributed by atoms with E-state index < -0.39 is 0 Å². The Balaban J connectivity index is 2.28. The van der Waals surface area contributed by atoms with Crippen LogP contribution in [0.2, 0.25) is 0 Å². The summed E-state index contributed by atoms with van der Waals surface area (Å²) in [5, 5.41) is 22.9. The van der Waals surface area contributed by atoms with Gasteiger partial charge in [0, 0.05) is 13.1 Å². The van der Waals surface area contributed by atoms with Gasteiger partial charge < -0.3 is 5.11 Å². The van der Waals surface area contributed by atoms with Crippen molar-refractivity contribution in [1.82, 2.24) is 14.7 Å². The summed E-state index contributed by atoms with van der Waals surface area (Å²) in [7, 11) is 0. The molecule has 19 heavy (non-hydrogen) atoms. The van der Waals surface area contributed by atoms with Gasteiger partial charge in [-0.05, 0) is 32.3 Å². The monoisotopic (exact) mass is 262 g/mol. The van der Waals surface area contributed by atoms with E-state index in [2.05, 4.69) is 5.10 Å². The van der Waals surface area contributed by atoms with Crippen molar-refractivity contribution in [3.8, 4) is 6.07 Å². The van der Waals surface area contributed by atoms with Crippen molar-refractivity contribution in [2.75, 3.05) is 13.1 Å². The predicted molar refractivity (Wildman–Crippen MR) is 69.5 cm³/mol. The van der Waals surface area contributed by atoms with Gasteiger partial charge in [-0.3, -0.25) is 9.69 Å². The summed E-state index contributed by atoms with van der Waals surface area (Å²) in [5.74, 6) is 0. The van der Waals surface area contributed by atoms with Crippen LogP contribution in [0.15, 0.2) is 4.79 Å². The van der Waals surface area contributed by atoms with Crippen LogP contribution in [0, 0.1) is 25.2 Å². The molecule has 1 aromatic heterocycles. The lowest BCUT2D eigenvalue weighted by atomic mass is 10.1. The number of likely N-dealkylation sites (tertiary alicyclic amines) is 1. The van der Waals surface area contributed by atoms with Crippen LogP contribution in [0.4, 0.5) is 0 Å². The van der Waals surface area contributed by atoms with Gasteiger partial charge in [0.25, 0.3) is 5.56 Å². The van der Waals surface area contributed by atoms with Crippen LogP contribution < -0.4 is 5.56 Å². The molecular weight excluding hydrogens is 244 g/mol. The maximum Gasteiger partial charge on any atom is 0.286 e. The quantitative estimate of drug-likeness (QED) is 0.820. The van der Waals surface area contributed by atoms with E-state index in [1.54, 1.807) is 13.8 Å². The number of rotatable bonds is 2. The molecular formula is C13H18N4O2. The molecule has 1 atom stereocenters. The molecule has 0 bridgehead atoms. The first kappa shape index (κ1) is 13.7. The summed E-state index contributed by atoms with van der Waals surface area (Å²) in [6, 6.07) is 1.95. The molecule has 0 saturated carbocycles. The Morgan fingerprint density at radius 1 is 1.53 bits per heavy atom. The third-order valence-corrected chi connectivity index (χ3v) is 3.56. The van der Waals surface area contributed by atoms with Gasteiger partial charge in [-0.2, -0.15) is 10.4 Å². The molecule has 2 rings (SSSR count). The molecule has 6 heteroatoms. The first-order valence-corrected chi connectivity index (χ1v) is 6.41. The standard InChI is InChI=1S/C13H18N4O2/c1-9-10(2)15-17(13(19)12(9)6-14)8-16-5-3-4-11(18)7-16/h11,18H,3-5,7-8H2,1-2H3/t11-/m0/s1. The summed E-state index contributed by atoms with van der Waals surface area (Å²) in [5.41, 5.74) is 1.13. The third kappa shape index (κ3) is 2.83. The van der Waals surface area contributed by atoms with Gasteiger partial charge in [0.15, 0.2) is 0 Å². The zero-order chi connectivity index (χ0) is 14.0. The first-order chi connectivity index (χ1) is 9.02. The van der Waals surface area contributed by atoms with Crippen molar-refractivity contribution in [1.29, 1.82) is 5.26 Å². The van der Waals surface area contributed by atoms with Crippen LogP contribution in [-0.2, 0) is 6.67 Å². The van der Waals surface area contributed by atoms with Crippen LogP contribution in [0.1, 0.15) is 29.7 Å². The van der Waals surface area contributed by atoms with Gasteiger partial charge >= 0.3 is 0 Å². The van der Waals surface area contributed by atoms with E-state index in [0.29, 0.717) is 24.5 Å². The molecule has 1 aliphatic heterocycles. The number of aliphatic hydroxyl groups is 1. The van der Waals surface area contributed by atoms with E-state index >= 15 is 0 Å². The number of aromatic nitrogens is 2. The van der Waals surface area contributed by atoms with Crippen molar-refractivity contribution in [3.63, 3.8) is 0 Å². The van der Waals surface area contributed by atoms with Gasteiger partial charge in [0.2, 0.25) is 0 Å². The summed E-state index contributed by atoms with van der Waals surface area (Å²) in [6.07, 6.45) is 1.37. The Kier molecular flexibility index (Phi) is 3.98. The van der Waals surface area contributed by atoms with Gasteiger partial charge in [0.05, 0.1) is 18.5 Å². The predicted octanol–water partition coefficient (Wildman–Crippen LogP) is 0.146. The molecule has 6 nitrogen and oxygen atoms in total. The number of aliphatic hydroxyl groups excluding tert-OH is 1. The molecule has 1 aliphatic rings. The minimum absolute atomic E-state index is 0.157. The Bertz CT molecular complexity index is 573. The highest BCUT2D eigenvalue weighted by Crippen LogP contribution is 2.11. The minimum atomic E-state index is -0.356. The SMILES string of the molecule is Cc1nn(CN2CCC[C@H](O)C2)c(=O)c(C#N)c1C. The van der Waals surface area contributed by atoms with Crippen molar-refractivity contribution in [2.24, 2.45) is 0 Å². The van der Waals surface area contributed by atoms with Crippen LogP contribution in [-0.4, -0.2) is 39.0 Å². The molecule has 1 saturated heterocycles. The summed E-state index contributed by atoms with van der Waals surface area (Å²) >= 11 is 0. The normalized spacial score (nSPS) is 20.2. The summed E-state index contributed by atoms with van der Waals surface area (Å²) < 4.78 is 1.32. The fourth-order valence-electron chi connectivity index (χ4n) is 2.35. The summed E-state index contributed by atoms with van der Waals surface area (Å²) in [6.45, 7) is 5.23. The maximum absolute atomic E-state index is 12.1. The van der Waals surface area contributed by atoms with Crippen LogP contribution >= 0.6 is 0 Å². The highest BCUT2D eigenvalue weighted by atomic mass is 16.3. The lowest BCUT2D eigenvalue weighted by Gasteiger charge is -2.29. The lowest BCUT2D eigenvalue weighted by molar-refractivity contribution is 0.0504. The molecule has 0 aromatic carbocycles. The second kappa shape index (κ2) is 5.51. The molecule has 102 valence electrons. The van der Waals surface area contributed by atoms with Crippen molar-refractivity contribution in [2.45, 2.75) is 39.5 Å². The first-order valence-electron chi connectivity index (χ1n) is 6.41. The second-order valence-corrected chi connectivity index (χ2v) is 5.02. The Morgan fingerprint density at radius 3 is 2.89 bits per heavy atom. The second-order valence-electron chi connectivity index (χ2n) is 5.02. The number of aryl methyl sites for hydroxylation is 1. The number of piperidine rings is 1. The molecule has 0 spiro atoms.